The van der Waals surface area contributed by atoms with Crippen LogP contribution in [0.15, 0.2) is 53.4 Å². The number of carbonyl (C=O) groups is 1. The van der Waals surface area contributed by atoms with Crippen LogP contribution in [0.25, 0.3) is 0 Å². The van der Waals surface area contributed by atoms with Gasteiger partial charge < -0.3 is 9.64 Å². The number of benzene rings is 2. The number of hydrogen-bond acceptors (Lipinski definition) is 4. The molecule has 3 rings (SSSR count). The van der Waals surface area contributed by atoms with Crippen molar-refractivity contribution in [3.8, 4) is 0 Å². The summed E-state index contributed by atoms with van der Waals surface area (Å²) in [5.74, 6) is -0.0923. The van der Waals surface area contributed by atoms with E-state index in [-0.39, 0.29) is 16.7 Å². The van der Waals surface area contributed by atoms with Crippen molar-refractivity contribution in [3.63, 3.8) is 0 Å². The molecule has 1 fully saturated rings. The zero-order valence-electron chi connectivity index (χ0n) is 16.3. The van der Waals surface area contributed by atoms with Crippen molar-refractivity contribution in [1.82, 2.24) is 4.72 Å². The lowest BCUT2D eigenvalue weighted by atomic mass is 10.1. The Morgan fingerprint density at radius 1 is 1.07 bits per heavy atom. The van der Waals surface area contributed by atoms with Gasteiger partial charge in [-0.25, -0.2) is 8.42 Å². The summed E-state index contributed by atoms with van der Waals surface area (Å²) in [6, 6.07) is 13.6. The van der Waals surface area contributed by atoms with E-state index in [0.29, 0.717) is 25.3 Å². The summed E-state index contributed by atoms with van der Waals surface area (Å²) in [6.07, 6.45) is 0. The van der Waals surface area contributed by atoms with Crippen LogP contribution in [0.2, 0.25) is 0 Å². The van der Waals surface area contributed by atoms with E-state index < -0.39 is 10.0 Å². The molecule has 6 nitrogen and oxygen atoms in total. The van der Waals surface area contributed by atoms with Crippen LogP contribution in [-0.2, 0) is 14.8 Å². The first-order chi connectivity index (χ1) is 13.3. The first kappa shape index (κ1) is 20.7. The molecule has 0 amide bonds. The fourth-order valence-electron chi connectivity index (χ4n) is 3.30. The van der Waals surface area contributed by atoms with E-state index in [1.54, 1.807) is 12.1 Å². The predicted octanol–water partition coefficient (Wildman–Crippen LogP) is 1.13. The number of ketones is 1. The molecule has 0 spiro atoms. The fourth-order valence-corrected chi connectivity index (χ4v) is 4.53. The summed E-state index contributed by atoms with van der Waals surface area (Å²) < 4.78 is 34.2. The number of Topliss-reactive ketones (excluding diaryl/α,β-unsaturated/α-hetero) is 1. The fraction of sp³-hybridized carbons (Fsp3) is 0.381. The largest absolute Gasteiger partial charge is 0.370 e. The Balaban J connectivity index is 1.84. The molecular weight excluding hydrogens is 376 g/mol. The molecule has 0 aliphatic carbocycles. The number of ether oxygens (including phenoxy) is 1. The number of morpholine rings is 1. The summed E-state index contributed by atoms with van der Waals surface area (Å²) in [7, 11) is -3.72. The highest BCUT2D eigenvalue weighted by atomic mass is 32.2. The summed E-state index contributed by atoms with van der Waals surface area (Å²) in [4.78, 5) is 12.9. The van der Waals surface area contributed by atoms with Crippen molar-refractivity contribution in [2.24, 2.45) is 0 Å². The van der Waals surface area contributed by atoms with Gasteiger partial charge in [-0.2, -0.15) is 4.72 Å². The van der Waals surface area contributed by atoms with Crippen LogP contribution in [0, 0.1) is 6.92 Å². The lowest BCUT2D eigenvalue weighted by Crippen LogP contribution is -3.14. The summed E-state index contributed by atoms with van der Waals surface area (Å²) in [6.45, 7) is 7.21. The Hall–Kier alpha value is -2.06. The number of sulfonamides is 1. The molecule has 1 aliphatic heterocycles. The van der Waals surface area contributed by atoms with Gasteiger partial charge in [0.2, 0.25) is 10.0 Å². The third kappa shape index (κ3) is 5.26. The number of aryl methyl sites for hydroxylation is 1. The first-order valence-corrected chi connectivity index (χ1v) is 10.9. The summed E-state index contributed by atoms with van der Waals surface area (Å²) in [5, 5.41) is 0. The van der Waals surface area contributed by atoms with E-state index >= 15 is 0 Å². The smallest absolute Gasteiger partial charge is 0.241 e. The van der Waals surface area contributed by atoms with Crippen molar-refractivity contribution >= 4 is 15.8 Å². The van der Waals surface area contributed by atoms with Gasteiger partial charge in [-0.15, -0.1) is 0 Å². The second kappa shape index (κ2) is 8.96. The average Bonchev–Trinajstić information content (AvgIpc) is 2.69. The van der Waals surface area contributed by atoms with Crippen LogP contribution in [0.3, 0.4) is 0 Å². The third-order valence-electron chi connectivity index (χ3n) is 5.04. The molecule has 1 heterocycles. The topological polar surface area (TPSA) is 76.9 Å². The Morgan fingerprint density at radius 3 is 2.25 bits per heavy atom. The minimum absolute atomic E-state index is 0.0923. The summed E-state index contributed by atoms with van der Waals surface area (Å²) >= 11 is 0. The van der Waals surface area contributed by atoms with Gasteiger partial charge in [-0.05, 0) is 31.5 Å². The predicted molar refractivity (Wildman–Crippen MR) is 107 cm³/mol. The molecule has 0 radical (unpaired) electrons. The number of nitrogens with one attached hydrogen (secondary N) is 2. The first-order valence-electron chi connectivity index (χ1n) is 9.46. The van der Waals surface area contributed by atoms with E-state index in [2.05, 4.69) is 4.72 Å². The minimum atomic E-state index is -3.72. The van der Waals surface area contributed by atoms with E-state index in [1.807, 2.05) is 31.2 Å². The zero-order chi connectivity index (χ0) is 20.1. The number of carbonyl (C=O) groups excluding carboxylic acids is 1. The highest BCUT2D eigenvalue weighted by Crippen LogP contribution is 2.18. The molecule has 0 bridgehead atoms. The van der Waals surface area contributed by atoms with Crippen LogP contribution in [0.4, 0.5) is 0 Å². The Bertz CT molecular complexity index is 902. The molecule has 2 aromatic rings. The zero-order valence-corrected chi connectivity index (χ0v) is 17.1. The van der Waals surface area contributed by atoms with Gasteiger partial charge in [0.05, 0.1) is 30.7 Å². The van der Waals surface area contributed by atoms with E-state index in [4.69, 9.17) is 4.74 Å². The maximum Gasteiger partial charge on any atom is 0.241 e. The third-order valence-corrected chi connectivity index (χ3v) is 6.53. The molecule has 28 heavy (non-hydrogen) atoms. The molecule has 1 atom stereocenters. The molecule has 0 saturated carbocycles. The van der Waals surface area contributed by atoms with E-state index in [9.17, 15) is 13.2 Å². The maximum atomic E-state index is 13.0. The van der Waals surface area contributed by atoms with Crippen LogP contribution in [-0.4, -0.2) is 47.0 Å². The monoisotopic (exact) mass is 403 g/mol. The second-order valence-corrected chi connectivity index (χ2v) is 8.95. The Kier molecular flexibility index (Phi) is 6.61. The Morgan fingerprint density at radius 2 is 1.68 bits per heavy atom. The van der Waals surface area contributed by atoms with Crippen molar-refractivity contribution < 1.29 is 22.8 Å². The molecule has 7 heteroatoms. The SMILES string of the molecule is CC(=O)c1ccc(S(=O)(=O)N[C@@H](C[NH+]2CCOCC2)c2ccc(C)cc2)cc1. The Labute approximate surface area is 166 Å². The average molecular weight is 404 g/mol. The van der Waals surface area contributed by atoms with Gasteiger partial charge in [-0.3, -0.25) is 4.79 Å². The highest BCUT2D eigenvalue weighted by Gasteiger charge is 2.26. The molecular formula is C21H27N2O4S+. The van der Waals surface area contributed by atoms with Gasteiger partial charge in [0.1, 0.15) is 13.1 Å². The molecule has 2 aromatic carbocycles. The van der Waals surface area contributed by atoms with Crippen molar-refractivity contribution in [2.45, 2.75) is 24.8 Å². The van der Waals surface area contributed by atoms with Crippen LogP contribution in [0.5, 0.6) is 0 Å². The molecule has 1 aliphatic rings. The van der Waals surface area contributed by atoms with Gasteiger partial charge in [0.25, 0.3) is 0 Å². The molecule has 150 valence electrons. The lowest BCUT2D eigenvalue weighted by Gasteiger charge is -2.28. The normalized spacial score (nSPS) is 16.6. The van der Waals surface area contributed by atoms with Crippen LogP contribution < -0.4 is 9.62 Å². The number of hydrogen-bond donors (Lipinski definition) is 2. The maximum absolute atomic E-state index is 13.0. The van der Waals surface area contributed by atoms with Crippen LogP contribution in [0.1, 0.15) is 34.5 Å². The highest BCUT2D eigenvalue weighted by molar-refractivity contribution is 7.89. The van der Waals surface area contributed by atoms with E-state index in [0.717, 1.165) is 24.2 Å². The van der Waals surface area contributed by atoms with Gasteiger partial charge in [0, 0.05) is 5.56 Å². The molecule has 0 aromatic heterocycles. The molecule has 1 saturated heterocycles. The van der Waals surface area contributed by atoms with Crippen molar-refractivity contribution in [1.29, 1.82) is 0 Å². The quantitative estimate of drug-likeness (QED) is 0.680. The minimum Gasteiger partial charge on any atom is -0.370 e. The van der Waals surface area contributed by atoms with Crippen molar-refractivity contribution in [3.05, 3.63) is 65.2 Å². The van der Waals surface area contributed by atoms with Gasteiger partial charge in [-0.1, -0.05) is 42.0 Å². The lowest BCUT2D eigenvalue weighted by molar-refractivity contribution is -0.909. The van der Waals surface area contributed by atoms with E-state index in [1.165, 1.54) is 24.0 Å². The van der Waals surface area contributed by atoms with Crippen molar-refractivity contribution in [2.75, 3.05) is 32.8 Å². The number of quaternary nitrogens is 1. The molecule has 2 N–H and O–H groups in total. The standard InChI is InChI=1S/C21H26N2O4S/c1-16-3-5-19(6-4-16)21(15-23-11-13-27-14-12-23)22-28(25,26)20-9-7-18(8-10-20)17(2)24/h3-10,21-22H,11-15H2,1-2H3/p+1/t21-/m0/s1. The second-order valence-electron chi connectivity index (χ2n) is 7.23. The molecule has 0 unspecified atom stereocenters. The summed E-state index contributed by atoms with van der Waals surface area (Å²) in [5.41, 5.74) is 2.56. The number of rotatable bonds is 7. The van der Waals surface area contributed by atoms with Gasteiger partial charge in [0.15, 0.2) is 5.78 Å². The van der Waals surface area contributed by atoms with Crippen LogP contribution >= 0.6 is 0 Å². The van der Waals surface area contributed by atoms with Gasteiger partial charge >= 0.3 is 0 Å².